The van der Waals surface area contributed by atoms with Crippen molar-refractivity contribution in [1.82, 2.24) is 4.31 Å². The lowest BCUT2D eigenvalue weighted by atomic mass is 10.1. The number of benzene rings is 2. The Morgan fingerprint density at radius 1 is 1.03 bits per heavy atom. The maximum Gasteiger partial charge on any atom is 0.243 e. The van der Waals surface area contributed by atoms with Gasteiger partial charge in [-0.05, 0) is 62.9 Å². The Morgan fingerprint density at radius 2 is 1.69 bits per heavy atom. The lowest BCUT2D eigenvalue weighted by molar-refractivity contribution is -0.113. The van der Waals surface area contributed by atoms with Gasteiger partial charge in [0.1, 0.15) is 0 Å². The van der Waals surface area contributed by atoms with Crippen LogP contribution in [0.2, 0.25) is 0 Å². The highest BCUT2D eigenvalue weighted by molar-refractivity contribution is 8.00. The molecule has 29 heavy (non-hydrogen) atoms. The third-order valence-electron chi connectivity index (χ3n) is 5.02. The molecule has 156 valence electrons. The molecule has 1 aliphatic rings. The summed E-state index contributed by atoms with van der Waals surface area (Å²) in [6.07, 6.45) is 2.86. The largest absolute Gasteiger partial charge is 0.325 e. The highest BCUT2D eigenvalue weighted by Gasteiger charge is 2.26. The van der Waals surface area contributed by atoms with Gasteiger partial charge in [-0.2, -0.15) is 4.31 Å². The maximum absolute atomic E-state index is 12.8. The maximum atomic E-state index is 12.8. The van der Waals surface area contributed by atoms with Crippen molar-refractivity contribution in [1.29, 1.82) is 0 Å². The van der Waals surface area contributed by atoms with Crippen molar-refractivity contribution in [2.75, 3.05) is 24.2 Å². The van der Waals surface area contributed by atoms with Crippen molar-refractivity contribution < 1.29 is 13.2 Å². The topological polar surface area (TPSA) is 66.5 Å². The second-order valence-corrected chi connectivity index (χ2v) is 10.5. The molecule has 1 heterocycles. The fourth-order valence-corrected chi connectivity index (χ4v) is 6.20. The molecule has 0 radical (unpaired) electrons. The molecule has 0 bridgehead atoms. The highest BCUT2D eigenvalue weighted by atomic mass is 32.2. The molecule has 1 saturated heterocycles. The van der Waals surface area contributed by atoms with Gasteiger partial charge in [0.05, 0.1) is 10.6 Å². The number of hydrogen-bond donors (Lipinski definition) is 1. The Bertz CT molecular complexity index is 974. The van der Waals surface area contributed by atoms with E-state index in [1.807, 2.05) is 0 Å². The standard InChI is InChI=1S/C22H28N2O3S2/c1-16-12-17(2)22(18(3)13-16)28-15-21(25)23-19-8-7-9-20(14-19)29(26,27)24-10-5-4-6-11-24/h7-9,12-14H,4-6,10-11,15H2,1-3H3,(H,23,25). The van der Waals surface area contributed by atoms with Crippen LogP contribution in [0.3, 0.4) is 0 Å². The summed E-state index contributed by atoms with van der Waals surface area (Å²) in [5, 5.41) is 2.84. The summed E-state index contributed by atoms with van der Waals surface area (Å²) in [5.74, 6) is 0.121. The van der Waals surface area contributed by atoms with Gasteiger partial charge in [0.15, 0.2) is 0 Å². The zero-order valence-corrected chi connectivity index (χ0v) is 18.8. The Balaban J connectivity index is 1.66. The number of hydrogen-bond acceptors (Lipinski definition) is 4. The van der Waals surface area contributed by atoms with Crippen LogP contribution in [0.4, 0.5) is 5.69 Å². The minimum Gasteiger partial charge on any atom is -0.325 e. The fraction of sp³-hybridized carbons (Fsp3) is 0.409. The van der Waals surface area contributed by atoms with Gasteiger partial charge in [0, 0.05) is 23.7 Å². The van der Waals surface area contributed by atoms with Gasteiger partial charge in [-0.1, -0.05) is 30.2 Å². The van der Waals surface area contributed by atoms with Crippen LogP contribution in [0.15, 0.2) is 46.2 Å². The van der Waals surface area contributed by atoms with E-state index in [0.717, 1.165) is 35.3 Å². The number of carbonyl (C=O) groups is 1. The van der Waals surface area contributed by atoms with E-state index in [0.29, 0.717) is 18.8 Å². The van der Waals surface area contributed by atoms with Crippen LogP contribution in [0.1, 0.15) is 36.0 Å². The van der Waals surface area contributed by atoms with Crippen LogP contribution in [0.5, 0.6) is 0 Å². The lowest BCUT2D eigenvalue weighted by Gasteiger charge is -2.26. The molecule has 2 aromatic carbocycles. The SMILES string of the molecule is Cc1cc(C)c(SCC(=O)Nc2cccc(S(=O)(=O)N3CCCCC3)c2)c(C)c1. The first-order chi connectivity index (χ1) is 13.8. The van der Waals surface area contributed by atoms with Crippen molar-refractivity contribution in [3.63, 3.8) is 0 Å². The third kappa shape index (κ3) is 5.41. The quantitative estimate of drug-likeness (QED) is 0.682. The number of rotatable bonds is 6. The Morgan fingerprint density at radius 3 is 2.34 bits per heavy atom. The first-order valence-electron chi connectivity index (χ1n) is 9.88. The van der Waals surface area contributed by atoms with E-state index < -0.39 is 10.0 Å². The molecule has 0 spiro atoms. The molecule has 2 aromatic rings. The molecule has 0 unspecified atom stereocenters. The molecular weight excluding hydrogens is 404 g/mol. The number of piperidine rings is 1. The minimum absolute atomic E-state index is 0.151. The number of amides is 1. The van der Waals surface area contributed by atoms with Crippen molar-refractivity contribution in [2.24, 2.45) is 0 Å². The van der Waals surface area contributed by atoms with Gasteiger partial charge in [-0.15, -0.1) is 11.8 Å². The van der Waals surface area contributed by atoms with Crippen LogP contribution >= 0.6 is 11.8 Å². The molecule has 0 atom stereocenters. The first kappa shape index (κ1) is 21.9. The van der Waals surface area contributed by atoms with E-state index in [9.17, 15) is 13.2 Å². The van der Waals surface area contributed by atoms with Gasteiger partial charge in [-0.25, -0.2) is 8.42 Å². The molecular formula is C22H28N2O3S2. The predicted octanol–water partition coefficient (Wildman–Crippen LogP) is 4.52. The number of thioether (sulfide) groups is 1. The van der Waals surface area contributed by atoms with Gasteiger partial charge >= 0.3 is 0 Å². The monoisotopic (exact) mass is 432 g/mol. The second-order valence-electron chi connectivity index (χ2n) is 7.56. The number of sulfonamides is 1. The summed E-state index contributed by atoms with van der Waals surface area (Å²) in [6.45, 7) is 7.28. The Kier molecular flexibility index (Phi) is 7.03. The van der Waals surface area contributed by atoms with Crippen LogP contribution in [0, 0.1) is 20.8 Å². The van der Waals surface area contributed by atoms with Gasteiger partial charge < -0.3 is 5.32 Å². The van der Waals surface area contributed by atoms with Crippen LogP contribution < -0.4 is 5.32 Å². The normalized spacial score (nSPS) is 15.3. The molecule has 1 fully saturated rings. The first-order valence-corrected chi connectivity index (χ1v) is 12.3. The van der Waals surface area contributed by atoms with Crippen LogP contribution in [0.25, 0.3) is 0 Å². The smallest absolute Gasteiger partial charge is 0.243 e. The van der Waals surface area contributed by atoms with Crippen molar-refractivity contribution >= 4 is 33.4 Å². The van der Waals surface area contributed by atoms with E-state index in [4.69, 9.17) is 0 Å². The molecule has 0 aromatic heterocycles. The zero-order chi connectivity index (χ0) is 21.0. The van der Waals surface area contributed by atoms with Crippen molar-refractivity contribution in [3.8, 4) is 0 Å². The third-order valence-corrected chi connectivity index (χ3v) is 8.26. The second kappa shape index (κ2) is 9.32. The van der Waals surface area contributed by atoms with E-state index in [2.05, 4.69) is 38.2 Å². The summed E-state index contributed by atoms with van der Waals surface area (Å²) in [7, 11) is -3.51. The average molecular weight is 433 g/mol. The summed E-state index contributed by atoms with van der Waals surface area (Å²) in [5.41, 5.74) is 4.04. The van der Waals surface area contributed by atoms with Gasteiger partial charge in [0.25, 0.3) is 0 Å². The molecule has 5 nitrogen and oxygen atoms in total. The molecule has 1 aliphatic heterocycles. The fourth-order valence-electron chi connectivity index (χ4n) is 3.72. The van der Waals surface area contributed by atoms with E-state index in [-0.39, 0.29) is 16.6 Å². The number of nitrogens with one attached hydrogen (secondary N) is 1. The van der Waals surface area contributed by atoms with E-state index in [1.165, 1.54) is 21.6 Å². The van der Waals surface area contributed by atoms with Gasteiger partial charge in [-0.3, -0.25) is 4.79 Å². The number of carbonyl (C=O) groups excluding carboxylic acids is 1. The van der Waals surface area contributed by atoms with Gasteiger partial charge in [0.2, 0.25) is 15.9 Å². The Hall–Kier alpha value is -1.83. The summed E-state index contributed by atoms with van der Waals surface area (Å²) in [6, 6.07) is 10.8. The molecule has 3 rings (SSSR count). The molecule has 0 aliphatic carbocycles. The van der Waals surface area contributed by atoms with Crippen molar-refractivity contribution in [2.45, 2.75) is 49.8 Å². The molecule has 1 amide bonds. The highest BCUT2D eigenvalue weighted by Crippen LogP contribution is 2.28. The summed E-state index contributed by atoms with van der Waals surface area (Å²) in [4.78, 5) is 13.8. The van der Waals surface area contributed by atoms with Crippen molar-refractivity contribution in [3.05, 3.63) is 53.1 Å². The average Bonchev–Trinajstić information content (AvgIpc) is 2.68. The number of nitrogens with zero attached hydrogens (tertiary/aromatic N) is 1. The number of aryl methyl sites for hydroxylation is 3. The zero-order valence-electron chi connectivity index (χ0n) is 17.2. The molecule has 0 saturated carbocycles. The molecule has 1 N–H and O–H groups in total. The predicted molar refractivity (Wildman–Crippen MR) is 119 cm³/mol. The lowest BCUT2D eigenvalue weighted by Crippen LogP contribution is -2.35. The summed E-state index contributed by atoms with van der Waals surface area (Å²) < 4.78 is 27.2. The van der Waals surface area contributed by atoms with E-state index in [1.54, 1.807) is 24.3 Å². The van der Waals surface area contributed by atoms with Crippen LogP contribution in [-0.4, -0.2) is 37.5 Å². The molecule has 7 heteroatoms. The van der Waals surface area contributed by atoms with E-state index >= 15 is 0 Å². The minimum atomic E-state index is -3.51. The summed E-state index contributed by atoms with van der Waals surface area (Å²) >= 11 is 1.50. The Labute approximate surface area is 177 Å². The number of anilines is 1. The van der Waals surface area contributed by atoms with Crippen LogP contribution in [-0.2, 0) is 14.8 Å².